The normalized spacial score (nSPS) is 10.0. The molecule has 0 saturated carbocycles. The van der Waals surface area contributed by atoms with E-state index >= 15 is 0 Å². The zero-order chi connectivity index (χ0) is 11.5. The number of rotatable bonds is 3. The number of hydrogen-bond acceptors (Lipinski definition) is 4. The minimum Gasteiger partial charge on any atom is -0.397 e. The number of nitrogen functional groups attached to an aromatic ring is 2. The van der Waals surface area contributed by atoms with Gasteiger partial charge in [0.1, 0.15) is 5.69 Å². The maximum Gasteiger partial charge on any atom is 0.211 e. The standard InChI is InChI=1S/C10H11N5O/c11-7-3-1-2-4-9(7)15-10(12)8(5-14-15)13-6-16/h1-6H,11-12H2,(H,13,16). The van der Waals surface area contributed by atoms with Gasteiger partial charge in [-0.1, -0.05) is 12.1 Å². The van der Waals surface area contributed by atoms with Crippen molar-refractivity contribution in [1.82, 2.24) is 9.78 Å². The molecular formula is C10H11N5O. The summed E-state index contributed by atoms with van der Waals surface area (Å²) in [4.78, 5) is 10.3. The van der Waals surface area contributed by atoms with Gasteiger partial charge in [0.05, 0.1) is 17.6 Å². The molecule has 0 fully saturated rings. The van der Waals surface area contributed by atoms with Gasteiger partial charge in [0.25, 0.3) is 0 Å². The van der Waals surface area contributed by atoms with Crippen molar-refractivity contribution in [3.8, 4) is 5.69 Å². The van der Waals surface area contributed by atoms with E-state index in [0.717, 1.165) is 0 Å². The summed E-state index contributed by atoms with van der Waals surface area (Å²) >= 11 is 0. The summed E-state index contributed by atoms with van der Waals surface area (Å²) < 4.78 is 1.47. The summed E-state index contributed by atoms with van der Waals surface area (Å²) in [6, 6.07) is 7.20. The van der Waals surface area contributed by atoms with Crippen LogP contribution in [0.1, 0.15) is 0 Å². The number of para-hydroxylation sites is 2. The number of hydrogen-bond donors (Lipinski definition) is 3. The Balaban J connectivity index is 2.49. The van der Waals surface area contributed by atoms with E-state index < -0.39 is 0 Å². The Morgan fingerprint density at radius 2 is 2.06 bits per heavy atom. The molecule has 0 spiro atoms. The van der Waals surface area contributed by atoms with Crippen LogP contribution in [0.5, 0.6) is 0 Å². The Bertz CT molecular complexity index is 520. The zero-order valence-corrected chi connectivity index (χ0v) is 8.42. The molecule has 6 heteroatoms. The maximum absolute atomic E-state index is 10.3. The number of nitrogens with zero attached hydrogens (tertiary/aromatic N) is 2. The van der Waals surface area contributed by atoms with Gasteiger partial charge in [-0.25, -0.2) is 4.68 Å². The van der Waals surface area contributed by atoms with Gasteiger partial charge in [0.15, 0.2) is 5.82 Å². The van der Waals surface area contributed by atoms with Crippen LogP contribution in [0.3, 0.4) is 0 Å². The number of nitrogens with one attached hydrogen (secondary N) is 1. The molecule has 0 saturated heterocycles. The summed E-state index contributed by atoms with van der Waals surface area (Å²) in [5, 5.41) is 6.51. The lowest BCUT2D eigenvalue weighted by Crippen LogP contribution is -2.06. The Morgan fingerprint density at radius 1 is 1.31 bits per heavy atom. The number of benzene rings is 1. The van der Waals surface area contributed by atoms with Crippen molar-refractivity contribution in [2.75, 3.05) is 16.8 Å². The van der Waals surface area contributed by atoms with Crippen molar-refractivity contribution in [2.24, 2.45) is 0 Å². The molecule has 0 radical (unpaired) electrons. The molecule has 0 aliphatic carbocycles. The van der Waals surface area contributed by atoms with Crippen LogP contribution in [-0.4, -0.2) is 16.2 Å². The monoisotopic (exact) mass is 217 g/mol. The van der Waals surface area contributed by atoms with Crippen LogP contribution in [-0.2, 0) is 4.79 Å². The average Bonchev–Trinajstić information content (AvgIpc) is 2.62. The highest BCUT2D eigenvalue weighted by atomic mass is 16.1. The third-order valence-corrected chi connectivity index (χ3v) is 2.19. The molecule has 6 nitrogen and oxygen atoms in total. The SMILES string of the molecule is Nc1ccccc1-n1ncc(NC=O)c1N. The fourth-order valence-electron chi connectivity index (χ4n) is 1.40. The van der Waals surface area contributed by atoms with Crippen molar-refractivity contribution < 1.29 is 4.79 Å². The lowest BCUT2D eigenvalue weighted by Gasteiger charge is -2.07. The van der Waals surface area contributed by atoms with E-state index in [1.165, 1.54) is 10.9 Å². The smallest absolute Gasteiger partial charge is 0.211 e. The molecule has 1 aromatic carbocycles. The van der Waals surface area contributed by atoms with Crippen molar-refractivity contribution in [2.45, 2.75) is 0 Å². The molecule has 2 rings (SSSR count). The first kappa shape index (κ1) is 10.0. The van der Waals surface area contributed by atoms with Crippen molar-refractivity contribution in [3.05, 3.63) is 30.5 Å². The summed E-state index contributed by atoms with van der Waals surface area (Å²) in [5.74, 6) is 0.338. The Kier molecular flexibility index (Phi) is 2.47. The van der Waals surface area contributed by atoms with Gasteiger partial charge in [0, 0.05) is 0 Å². The van der Waals surface area contributed by atoms with Crippen LogP contribution in [0.2, 0.25) is 0 Å². The highest BCUT2D eigenvalue weighted by Crippen LogP contribution is 2.24. The van der Waals surface area contributed by atoms with E-state index in [9.17, 15) is 4.79 Å². The molecule has 2 aromatic rings. The van der Waals surface area contributed by atoms with E-state index in [4.69, 9.17) is 11.5 Å². The van der Waals surface area contributed by atoms with E-state index in [1.54, 1.807) is 12.1 Å². The second-order valence-corrected chi connectivity index (χ2v) is 3.18. The van der Waals surface area contributed by atoms with E-state index in [1.807, 2.05) is 12.1 Å². The van der Waals surface area contributed by atoms with Crippen molar-refractivity contribution in [1.29, 1.82) is 0 Å². The third-order valence-electron chi connectivity index (χ3n) is 2.19. The van der Waals surface area contributed by atoms with Gasteiger partial charge in [-0.15, -0.1) is 0 Å². The van der Waals surface area contributed by atoms with E-state index in [2.05, 4.69) is 10.4 Å². The number of nitrogens with two attached hydrogens (primary N) is 2. The van der Waals surface area contributed by atoms with Crippen LogP contribution >= 0.6 is 0 Å². The Labute approximate surface area is 91.9 Å². The predicted octanol–water partition coefficient (Wildman–Crippen LogP) is 0.605. The molecule has 16 heavy (non-hydrogen) atoms. The highest BCUT2D eigenvalue weighted by Gasteiger charge is 2.09. The number of anilines is 3. The Morgan fingerprint density at radius 3 is 2.75 bits per heavy atom. The maximum atomic E-state index is 10.3. The second-order valence-electron chi connectivity index (χ2n) is 3.18. The third kappa shape index (κ3) is 1.56. The van der Waals surface area contributed by atoms with Gasteiger partial charge in [-0.3, -0.25) is 4.79 Å². The van der Waals surface area contributed by atoms with Crippen LogP contribution in [0.25, 0.3) is 5.69 Å². The minimum absolute atomic E-state index is 0.338. The summed E-state index contributed by atoms with van der Waals surface area (Å²) in [6.07, 6.45) is 2.02. The van der Waals surface area contributed by atoms with E-state index in [-0.39, 0.29) is 0 Å². The largest absolute Gasteiger partial charge is 0.397 e. The molecule has 1 heterocycles. The van der Waals surface area contributed by atoms with Crippen molar-refractivity contribution >= 4 is 23.6 Å². The van der Waals surface area contributed by atoms with Gasteiger partial charge in [-0.2, -0.15) is 5.10 Å². The lowest BCUT2D eigenvalue weighted by atomic mass is 10.3. The van der Waals surface area contributed by atoms with Crippen LogP contribution in [0.15, 0.2) is 30.5 Å². The molecular weight excluding hydrogens is 206 g/mol. The number of carbonyl (C=O) groups is 1. The second kappa shape index (κ2) is 3.93. The van der Waals surface area contributed by atoms with Crippen LogP contribution in [0, 0.1) is 0 Å². The Hall–Kier alpha value is -2.50. The van der Waals surface area contributed by atoms with E-state index in [0.29, 0.717) is 29.3 Å². The zero-order valence-electron chi connectivity index (χ0n) is 8.42. The summed E-state index contributed by atoms with van der Waals surface area (Å²) in [5.41, 5.74) is 13.3. The fraction of sp³-hybridized carbons (Fsp3) is 0. The van der Waals surface area contributed by atoms with Crippen LogP contribution < -0.4 is 16.8 Å². The average molecular weight is 217 g/mol. The molecule has 0 aliphatic heterocycles. The first-order chi connectivity index (χ1) is 7.74. The summed E-state index contributed by atoms with van der Waals surface area (Å²) in [7, 11) is 0. The van der Waals surface area contributed by atoms with Gasteiger partial charge in [-0.05, 0) is 12.1 Å². The topological polar surface area (TPSA) is 99.0 Å². The van der Waals surface area contributed by atoms with Crippen molar-refractivity contribution in [3.63, 3.8) is 0 Å². The number of aromatic nitrogens is 2. The number of carbonyl (C=O) groups excluding carboxylic acids is 1. The molecule has 0 atom stereocenters. The molecule has 1 amide bonds. The first-order valence-electron chi connectivity index (χ1n) is 4.62. The molecule has 0 aliphatic rings. The molecule has 0 unspecified atom stereocenters. The molecule has 5 N–H and O–H groups in total. The predicted molar refractivity (Wildman–Crippen MR) is 62.1 cm³/mol. The molecule has 82 valence electrons. The molecule has 1 aromatic heterocycles. The van der Waals surface area contributed by atoms with Gasteiger partial charge < -0.3 is 16.8 Å². The highest BCUT2D eigenvalue weighted by molar-refractivity contribution is 5.79. The quantitative estimate of drug-likeness (QED) is 0.518. The van der Waals surface area contributed by atoms with Gasteiger partial charge >= 0.3 is 0 Å². The van der Waals surface area contributed by atoms with Gasteiger partial charge in [0.2, 0.25) is 6.41 Å². The fourth-order valence-corrected chi connectivity index (χ4v) is 1.40. The summed E-state index contributed by atoms with van der Waals surface area (Å²) in [6.45, 7) is 0. The minimum atomic E-state index is 0.338. The lowest BCUT2D eigenvalue weighted by molar-refractivity contribution is -0.105. The number of amides is 1. The van der Waals surface area contributed by atoms with Crippen LogP contribution in [0.4, 0.5) is 17.2 Å². The molecule has 0 bridgehead atoms. The first-order valence-corrected chi connectivity index (χ1v) is 4.62.